The van der Waals surface area contributed by atoms with Gasteiger partial charge in [-0.15, -0.1) is 0 Å². The number of rotatable bonds is 3. The Labute approximate surface area is 154 Å². The van der Waals surface area contributed by atoms with Gasteiger partial charge in [-0.05, 0) is 56.5 Å². The van der Waals surface area contributed by atoms with E-state index < -0.39 is 11.4 Å². The summed E-state index contributed by atoms with van der Waals surface area (Å²) in [7, 11) is 3.53. The minimum absolute atomic E-state index is 0.173. The molecule has 0 spiro atoms. The van der Waals surface area contributed by atoms with E-state index >= 15 is 0 Å². The largest absolute Gasteiger partial charge is 0.494 e. The van der Waals surface area contributed by atoms with Crippen LogP contribution in [0, 0.1) is 23.6 Å². The molecule has 1 atom stereocenters. The molecule has 2 fully saturated rings. The average molecular weight is 360 g/mol. The molecule has 6 heteroatoms. The summed E-state index contributed by atoms with van der Waals surface area (Å²) in [6.45, 7) is 4.81. The smallest absolute Gasteiger partial charge is 0.243 e. The summed E-state index contributed by atoms with van der Waals surface area (Å²) in [5, 5.41) is 4.44. The fourth-order valence-corrected chi connectivity index (χ4v) is 2.97. The fourth-order valence-electron chi connectivity index (χ4n) is 2.97. The van der Waals surface area contributed by atoms with Gasteiger partial charge in [0.05, 0.1) is 12.8 Å². The first-order chi connectivity index (χ1) is 12.5. The van der Waals surface area contributed by atoms with Crippen molar-refractivity contribution in [2.45, 2.75) is 25.4 Å². The number of oxime groups is 1. The summed E-state index contributed by atoms with van der Waals surface area (Å²) in [4.78, 5) is 8.09. The van der Waals surface area contributed by atoms with Crippen LogP contribution in [-0.2, 0) is 9.57 Å². The van der Waals surface area contributed by atoms with E-state index in [1.54, 1.807) is 12.1 Å². The maximum atomic E-state index is 13.5. The highest BCUT2D eigenvalue weighted by atomic mass is 19.1. The van der Waals surface area contributed by atoms with Crippen LogP contribution < -0.4 is 4.74 Å². The normalized spacial score (nSPS) is 24.2. The molecule has 3 rings (SSSR count). The summed E-state index contributed by atoms with van der Waals surface area (Å²) in [5.74, 6) is 6.29. The number of halogens is 1. The zero-order chi connectivity index (χ0) is 18.6. The highest BCUT2D eigenvalue weighted by molar-refractivity contribution is 5.88. The van der Waals surface area contributed by atoms with Gasteiger partial charge in [-0.25, -0.2) is 4.39 Å². The van der Waals surface area contributed by atoms with E-state index in [2.05, 4.69) is 35.9 Å². The molecule has 2 aliphatic rings. The Bertz CT molecular complexity index is 734. The quantitative estimate of drug-likeness (QED) is 0.614. The second-order valence-electron chi connectivity index (χ2n) is 7.04. The molecule has 140 valence electrons. The van der Waals surface area contributed by atoms with E-state index in [9.17, 15) is 4.39 Å². The number of likely N-dealkylation sites (tertiary alicyclic amines) is 1. The van der Waals surface area contributed by atoms with Crippen molar-refractivity contribution in [3.63, 3.8) is 0 Å². The molecule has 2 heterocycles. The van der Waals surface area contributed by atoms with E-state index in [1.165, 1.54) is 13.2 Å². The van der Waals surface area contributed by atoms with Crippen LogP contribution in [0.3, 0.4) is 0 Å². The van der Waals surface area contributed by atoms with Crippen molar-refractivity contribution in [1.82, 2.24) is 4.90 Å². The number of hydrogen-bond donors (Lipinski definition) is 0. The van der Waals surface area contributed by atoms with Gasteiger partial charge < -0.3 is 19.2 Å². The number of ether oxygens (including phenoxy) is 2. The van der Waals surface area contributed by atoms with E-state index in [0.29, 0.717) is 24.7 Å². The maximum Gasteiger partial charge on any atom is 0.243 e. The lowest BCUT2D eigenvalue weighted by molar-refractivity contribution is -0.175. The predicted molar refractivity (Wildman–Crippen MR) is 97.8 cm³/mol. The van der Waals surface area contributed by atoms with Crippen molar-refractivity contribution in [3.05, 3.63) is 29.6 Å². The SMILES string of the molecule is COc1cc(C#CC2(O/N=C3\CN(C)CCC[C@@H]3C)COC2)ccc1F. The van der Waals surface area contributed by atoms with Crippen molar-refractivity contribution >= 4 is 5.71 Å². The number of benzene rings is 1. The zero-order valence-electron chi connectivity index (χ0n) is 15.5. The molecule has 0 unspecified atom stereocenters. The average Bonchev–Trinajstić information content (AvgIpc) is 2.75. The molecule has 1 aromatic rings. The molecule has 5 nitrogen and oxygen atoms in total. The Balaban J connectivity index is 1.75. The fraction of sp³-hybridized carbons (Fsp3) is 0.550. The van der Waals surface area contributed by atoms with Crippen LogP contribution in [0.5, 0.6) is 5.75 Å². The Morgan fingerprint density at radius 1 is 1.38 bits per heavy atom. The van der Waals surface area contributed by atoms with Gasteiger partial charge in [-0.3, -0.25) is 0 Å². The molecule has 2 saturated heterocycles. The van der Waals surface area contributed by atoms with E-state index in [0.717, 1.165) is 31.6 Å². The van der Waals surface area contributed by atoms with Crippen molar-refractivity contribution in [3.8, 4) is 17.6 Å². The van der Waals surface area contributed by atoms with Crippen LogP contribution >= 0.6 is 0 Å². The van der Waals surface area contributed by atoms with Crippen LogP contribution in [-0.4, -0.2) is 56.7 Å². The maximum absolute atomic E-state index is 13.5. The highest BCUT2D eigenvalue weighted by Gasteiger charge is 2.40. The monoisotopic (exact) mass is 360 g/mol. The molecule has 0 bridgehead atoms. The Hall–Kier alpha value is -2.10. The molecule has 0 radical (unpaired) electrons. The first kappa shape index (κ1) is 18.7. The molecule has 0 N–H and O–H groups in total. The van der Waals surface area contributed by atoms with Gasteiger partial charge in [-0.1, -0.05) is 18.0 Å². The van der Waals surface area contributed by atoms with Gasteiger partial charge in [0.2, 0.25) is 5.60 Å². The zero-order valence-corrected chi connectivity index (χ0v) is 15.5. The van der Waals surface area contributed by atoms with Crippen molar-refractivity contribution < 1.29 is 18.7 Å². The summed E-state index contributed by atoms with van der Waals surface area (Å²) < 4.78 is 23.8. The van der Waals surface area contributed by atoms with Gasteiger partial charge in [0.25, 0.3) is 0 Å². The van der Waals surface area contributed by atoms with Gasteiger partial charge in [0, 0.05) is 12.1 Å². The Morgan fingerprint density at radius 2 is 2.19 bits per heavy atom. The van der Waals surface area contributed by atoms with Crippen molar-refractivity contribution in [1.29, 1.82) is 0 Å². The standard InChI is InChI=1S/C20H25FN2O3/c1-15-5-4-10-23(2)12-18(15)22-26-20(13-25-14-20)9-8-16-6-7-17(21)19(11-16)24-3/h6-7,11,15H,4-5,10,12-14H2,1-3H3/b22-18+/t15-/m0/s1. The van der Waals surface area contributed by atoms with Crippen LogP contribution in [0.2, 0.25) is 0 Å². The molecule has 2 aliphatic heterocycles. The van der Waals surface area contributed by atoms with Crippen LogP contribution in [0.15, 0.2) is 23.4 Å². The summed E-state index contributed by atoms with van der Waals surface area (Å²) in [6.07, 6.45) is 2.27. The lowest BCUT2D eigenvalue weighted by Crippen LogP contribution is -2.50. The topological polar surface area (TPSA) is 43.3 Å². The first-order valence-corrected chi connectivity index (χ1v) is 8.89. The summed E-state index contributed by atoms with van der Waals surface area (Å²) >= 11 is 0. The third-order valence-corrected chi connectivity index (χ3v) is 4.77. The third kappa shape index (κ3) is 4.35. The minimum Gasteiger partial charge on any atom is -0.494 e. The van der Waals surface area contributed by atoms with Crippen molar-refractivity contribution in [2.75, 3.05) is 40.5 Å². The summed E-state index contributed by atoms with van der Waals surface area (Å²) in [5.41, 5.74) is 0.967. The summed E-state index contributed by atoms with van der Waals surface area (Å²) in [6, 6.07) is 4.53. The molecule has 0 aromatic heterocycles. The lowest BCUT2D eigenvalue weighted by atomic mass is 10.0. The van der Waals surface area contributed by atoms with E-state index in [-0.39, 0.29) is 5.75 Å². The molecule has 0 amide bonds. The van der Waals surface area contributed by atoms with Gasteiger partial charge >= 0.3 is 0 Å². The van der Waals surface area contributed by atoms with Crippen LogP contribution in [0.25, 0.3) is 0 Å². The number of methoxy groups -OCH3 is 1. The molecule has 0 aliphatic carbocycles. The van der Waals surface area contributed by atoms with Crippen LogP contribution in [0.1, 0.15) is 25.3 Å². The highest BCUT2D eigenvalue weighted by Crippen LogP contribution is 2.24. The first-order valence-electron chi connectivity index (χ1n) is 8.89. The molecule has 0 saturated carbocycles. The molecular weight excluding hydrogens is 335 g/mol. The van der Waals surface area contributed by atoms with Crippen LogP contribution in [0.4, 0.5) is 4.39 Å². The Kier molecular flexibility index (Phi) is 5.80. The molecule has 1 aromatic carbocycles. The van der Waals surface area contributed by atoms with E-state index in [1.807, 2.05) is 0 Å². The predicted octanol–water partition coefficient (Wildman–Crippen LogP) is 2.69. The number of hydrogen-bond acceptors (Lipinski definition) is 5. The molecular formula is C20H25FN2O3. The van der Waals surface area contributed by atoms with Crippen molar-refractivity contribution in [2.24, 2.45) is 11.1 Å². The Morgan fingerprint density at radius 3 is 2.88 bits per heavy atom. The van der Waals surface area contributed by atoms with E-state index in [4.69, 9.17) is 14.3 Å². The number of nitrogens with zero attached hydrogens (tertiary/aromatic N) is 2. The lowest BCUT2D eigenvalue weighted by Gasteiger charge is -2.34. The van der Waals surface area contributed by atoms with Gasteiger partial charge in [-0.2, -0.15) is 0 Å². The third-order valence-electron chi connectivity index (χ3n) is 4.77. The molecule has 26 heavy (non-hydrogen) atoms. The van der Waals surface area contributed by atoms with Gasteiger partial charge in [0.1, 0.15) is 13.2 Å². The second-order valence-corrected chi connectivity index (χ2v) is 7.04. The second kappa shape index (κ2) is 8.07. The minimum atomic E-state index is -0.737. The van der Waals surface area contributed by atoms with Gasteiger partial charge in [0.15, 0.2) is 11.6 Å².